The predicted octanol–water partition coefficient (Wildman–Crippen LogP) is 1.89. The van der Waals surface area contributed by atoms with Gasteiger partial charge in [0, 0.05) is 25.3 Å². The average Bonchev–Trinajstić information content (AvgIpc) is 2.97. The molecule has 0 aromatic carbocycles. The van der Waals surface area contributed by atoms with Gasteiger partial charge in [-0.3, -0.25) is 4.79 Å². The molecule has 7 heteroatoms. The van der Waals surface area contributed by atoms with Gasteiger partial charge in [-0.15, -0.1) is 0 Å². The molecule has 1 amide bonds. The highest BCUT2D eigenvalue weighted by Crippen LogP contribution is 2.08. The number of aromatic nitrogens is 3. The number of carbonyl (C=O) groups is 1. The van der Waals surface area contributed by atoms with E-state index in [1.807, 2.05) is 6.92 Å². The van der Waals surface area contributed by atoms with Crippen LogP contribution >= 0.6 is 0 Å². The van der Waals surface area contributed by atoms with Gasteiger partial charge in [0.05, 0.1) is 0 Å². The van der Waals surface area contributed by atoms with Gasteiger partial charge in [0.25, 0.3) is 0 Å². The maximum atomic E-state index is 11.6. The Hall–Kier alpha value is -2.18. The first-order valence-electron chi connectivity index (χ1n) is 6.22. The van der Waals surface area contributed by atoms with Crippen molar-refractivity contribution in [3.63, 3.8) is 0 Å². The van der Waals surface area contributed by atoms with Crippen molar-refractivity contribution >= 4 is 11.7 Å². The highest BCUT2D eigenvalue weighted by Gasteiger charge is 2.10. The van der Waals surface area contributed by atoms with Gasteiger partial charge in [-0.25, -0.2) is 0 Å². The summed E-state index contributed by atoms with van der Waals surface area (Å²) in [5, 5.41) is 10.1. The molecule has 0 bridgehead atoms. The molecule has 0 atom stereocenters. The predicted molar refractivity (Wildman–Crippen MR) is 66.5 cm³/mol. The van der Waals surface area contributed by atoms with E-state index in [1.54, 1.807) is 13.0 Å². The minimum absolute atomic E-state index is 0.163. The topological polar surface area (TPSA) is 94.1 Å². The first-order chi connectivity index (χ1) is 9.17. The minimum atomic E-state index is -0.163. The fraction of sp³-hybridized carbons (Fsp3) is 0.500. The third-order valence-corrected chi connectivity index (χ3v) is 2.45. The average molecular weight is 264 g/mol. The number of hydrogen-bond donors (Lipinski definition) is 1. The Morgan fingerprint density at radius 2 is 2.16 bits per heavy atom. The molecule has 102 valence electrons. The molecule has 0 saturated heterocycles. The van der Waals surface area contributed by atoms with Gasteiger partial charge in [-0.05, 0) is 13.3 Å². The van der Waals surface area contributed by atoms with Crippen LogP contribution in [0.2, 0.25) is 0 Å². The number of nitrogens with zero attached hydrogens (tertiary/aromatic N) is 3. The zero-order valence-corrected chi connectivity index (χ0v) is 11.0. The number of carbonyl (C=O) groups excluding carboxylic acids is 1. The van der Waals surface area contributed by atoms with Gasteiger partial charge in [-0.2, -0.15) is 4.98 Å². The summed E-state index contributed by atoms with van der Waals surface area (Å²) in [5.74, 6) is 2.07. The lowest BCUT2D eigenvalue weighted by Crippen LogP contribution is -2.12. The summed E-state index contributed by atoms with van der Waals surface area (Å²) < 4.78 is 9.90. The fourth-order valence-electron chi connectivity index (χ4n) is 1.57. The lowest BCUT2D eigenvalue weighted by atomic mass is 10.3. The summed E-state index contributed by atoms with van der Waals surface area (Å²) in [4.78, 5) is 15.8. The van der Waals surface area contributed by atoms with Crippen LogP contribution in [0.4, 0.5) is 5.82 Å². The molecule has 7 nitrogen and oxygen atoms in total. The molecule has 0 aliphatic carbocycles. The molecular formula is C12H16N4O3. The second-order valence-corrected chi connectivity index (χ2v) is 4.23. The highest BCUT2D eigenvalue weighted by molar-refractivity contribution is 5.89. The maximum absolute atomic E-state index is 11.6. The molecule has 2 aromatic rings. The second kappa shape index (κ2) is 6.12. The van der Waals surface area contributed by atoms with E-state index in [2.05, 4.69) is 20.6 Å². The third kappa shape index (κ3) is 3.90. The van der Waals surface area contributed by atoms with Crippen LogP contribution in [0, 0.1) is 6.92 Å². The number of nitrogens with one attached hydrogen (secondary N) is 1. The SMILES string of the molecule is CCCc1noc(CCC(=O)Nc2cc(C)on2)n1. The van der Waals surface area contributed by atoms with Crippen molar-refractivity contribution in [3.05, 3.63) is 23.5 Å². The second-order valence-electron chi connectivity index (χ2n) is 4.23. The van der Waals surface area contributed by atoms with Crippen LogP contribution in [0.3, 0.4) is 0 Å². The molecule has 19 heavy (non-hydrogen) atoms. The largest absolute Gasteiger partial charge is 0.360 e. The molecule has 2 heterocycles. The Morgan fingerprint density at radius 3 is 2.84 bits per heavy atom. The smallest absolute Gasteiger partial charge is 0.227 e. The lowest BCUT2D eigenvalue weighted by molar-refractivity contribution is -0.116. The molecule has 0 spiro atoms. The van der Waals surface area contributed by atoms with E-state index < -0.39 is 0 Å². The maximum Gasteiger partial charge on any atom is 0.227 e. The molecule has 0 aliphatic rings. The van der Waals surface area contributed by atoms with E-state index >= 15 is 0 Å². The fourth-order valence-corrected chi connectivity index (χ4v) is 1.57. The summed E-state index contributed by atoms with van der Waals surface area (Å²) in [7, 11) is 0. The Kier molecular flexibility index (Phi) is 4.27. The van der Waals surface area contributed by atoms with Gasteiger partial charge < -0.3 is 14.4 Å². The Labute approximate surface area is 110 Å². The van der Waals surface area contributed by atoms with Crippen LogP contribution in [0.5, 0.6) is 0 Å². The van der Waals surface area contributed by atoms with Gasteiger partial charge in [-0.1, -0.05) is 17.2 Å². The summed E-state index contributed by atoms with van der Waals surface area (Å²) >= 11 is 0. The quantitative estimate of drug-likeness (QED) is 0.856. The van der Waals surface area contributed by atoms with E-state index in [0.29, 0.717) is 29.7 Å². The van der Waals surface area contributed by atoms with Crippen molar-refractivity contribution in [2.24, 2.45) is 0 Å². The standard InChI is InChI=1S/C12H16N4O3/c1-3-4-9-14-12(19-15-9)6-5-11(17)13-10-7-8(2)18-16-10/h7H,3-6H2,1-2H3,(H,13,16,17). The van der Waals surface area contributed by atoms with Gasteiger partial charge >= 0.3 is 0 Å². The van der Waals surface area contributed by atoms with E-state index in [-0.39, 0.29) is 12.3 Å². The molecule has 2 aromatic heterocycles. The van der Waals surface area contributed by atoms with Crippen molar-refractivity contribution in [2.75, 3.05) is 5.32 Å². The zero-order chi connectivity index (χ0) is 13.7. The number of hydrogen-bond acceptors (Lipinski definition) is 6. The van der Waals surface area contributed by atoms with Crippen LogP contribution < -0.4 is 5.32 Å². The monoisotopic (exact) mass is 264 g/mol. The first kappa shape index (κ1) is 13.3. The van der Waals surface area contributed by atoms with Crippen LogP contribution in [0.1, 0.15) is 37.2 Å². The van der Waals surface area contributed by atoms with Crippen LogP contribution in [-0.4, -0.2) is 21.2 Å². The van der Waals surface area contributed by atoms with Crippen LogP contribution in [-0.2, 0) is 17.6 Å². The zero-order valence-electron chi connectivity index (χ0n) is 11.0. The number of anilines is 1. The molecule has 0 saturated carbocycles. The molecule has 1 N–H and O–H groups in total. The van der Waals surface area contributed by atoms with E-state index in [0.717, 1.165) is 12.8 Å². The highest BCUT2D eigenvalue weighted by atomic mass is 16.5. The Morgan fingerprint density at radius 1 is 1.32 bits per heavy atom. The Balaban J connectivity index is 1.79. The summed E-state index contributed by atoms with van der Waals surface area (Å²) in [6.07, 6.45) is 2.43. The number of rotatable bonds is 6. The third-order valence-electron chi connectivity index (χ3n) is 2.45. The molecule has 0 fully saturated rings. The van der Waals surface area contributed by atoms with Crippen LogP contribution in [0.25, 0.3) is 0 Å². The van der Waals surface area contributed by atoms with Gasteiger partial charge in [0.15, 0.2) is 11.6 Å². The molecule has 0 aliphatic heterocycles. The first-order valence-corrected chi connectivity index (χ1v) is 6.22. The minimum Gasteiger partial charge on any atom is -0.360 e. The molecule has 0 unspecified atom stereocenters. The molecular weight excluding hydrogens is 248 g/mol. The van der Waals surface area contributed by atoms with Crippen molar-refractivity contribution in [1.29, 1.82) is 0 Å². The number of amides is 1. The van der Waals surface area contributed by atoms with Crippen molar-refractivity contribution in [2.45, 2.75) is 39.5 Å². The van der Waals surface area contributed by atoms with Crippen molar-refractivity contribution in [1.82, 2.24) is 15.3 Å². The van der Waals surface area contributed by atoms with Crippen molar-refractivity contribution < 1.29 is 13.8 Å². The molecule has 2 rings (SSSR count). The summed E-state index contributed by atoms with van der Waals surface area (Å²) in [6, 6.07) is 1.66. The van der Waals surface area contributed by atoms with Gasteiger partial charge in [0.1, 0.15) is 5.76 Å². The summed E-state index contributed by atoms with van der Waals surface area (Å²) in [5.41, 5.74) is 0. The van der Waals surface area contributed by atoms with Gasteiger partial charge in [0.2, 0.25) is 11.8 Å². The van der Waals surface area contributed by atoms with E-state index in [9.17, 15) is 4.79 Å². The van der Waals surface area contributed by atoms with Crippen LogP contribution in [0.15, 0.2) is 15.1 Å². The number of aryl methyl sites for hydroxylation is 3. The van der Waals surface area contributed by atoms with E-state index in [4.69, 9.17) is 9.05 Å². The Bertz CT molecular complexity index is 547. The lowest BCUT2D eigenvalue weighted by Gasteiger charge is -1.98. The molecule has 0 radical (unpaired) electrons. The normalized spacial score (nSPS) is 10.6. The van der Waals surface area contributed by atoms with Crippen molar-refractivity contribution in [3.8, 4) is 0 Å². The van der Waals surface area contributed by atoms with E-state index in [1.165, 1.54) is 0 Å². The summed E-state index contributed by atoms with van der Waals surface area (Å²) in [6.45, 7) is 3.81.